The summed E-state index contributed by atoms with van der Waals surface area (Å²) < 4.78 is 4.91. The summed E-state index contributed by atoms with van der Waals surface area (Å²) in [6.45, 7) is 9.44. The van der Waals surface area contributed by atoms with Crippen LogP contribution in [-0.4, -0.2) is 35.6 Å². The quantitative estimate of drug-likeness (QED) is 0.566. The second-order valence-electron chi connectivity index (χ2n) is 8.14. The molecule has 0 radical (unpaired) electrons. The molecule has 0 aliphatic carbocycles. The third-order valence-corrected chi connectivity index (χ3v) is 4.55. The molecule has 1 unspecified atom stereocenters. The van der Waals surface area contributed by atoms with Gasteiger partial charge in [0.2, 0.25) is 5.91 Å². The summed E-state index contributed by atoms with van der Waals surface area (Å²) >= 11 is 6.44. The van der Waals surface area contributed by atoms with Crippen LogP contribution in [0.2, 0.25) is 5.15 Å². The van der Waals surface area contributed by atoms with Gasteiger partial charge in [-0.3, -0.25) is 14.9 Å². The molecule has 152 valence electrons. The number of pyridine rings is 1. The Bertz CT molecular complexity index is 862. The van der Waals surface area contributed by atoms with E-state index in [1.807, 2.05) is 65.0 Å². The molecule has 1 amide bonds. The lowest BCUT2D eigenvalue weighted by Gasteiger charge is -2.29. The van der Waals surface area contributed by atoms with Crippen LogP contribution in [0.3, 0.4) is 0 Å². The third-order valence-electron chi connectivity index (χ3n) is 4.24. The molecule has 0 aliphatic heterocycles. The smallest absolute Gasteiger partial charge is 0.323 e. The number of para-hydroxylation sites is 1. The molecule has 0 aliphatic rings. The van der Waals surface area contributed by atoms with Gasteiger partial charge in [0.15, 0.2) is 0 Å². The van der Waals surface area contributed by atoms with Crippen LogP contribution >= 0.6 is 11.6 Å². The molecule has 1 aromatic heterocycles. The van der Waals surface area contributed by atoms with E-state index in [4.69, 9.17) is 16.3 Å². The molecular weight excluding hydrogens is 378 g/mol. The molecule has 2 atom stereocenters. The first-order chi connectivity index (χ1) is 13.0. The Morgan fingerprint density at radius 1 is 1.18 bits per heavy atom. The summed E-state index contributed by atoms with van der Waals surface area (Å²) in [5.74, 6) is -0.820. The SMILES string of the molecule is COC(=O)C(N[C@H](C(=O)NC(C)(C)C)c1cc2ccccc2nc1Cl)C(C)C. The predicted octanol–water partition coefficient (Wildman–Crippen LogP) is 3.63. The zero-order chi connectivity index (χ0) is 21.1. The Hall–Kier alpha value is -2.18. The van der Waals surface area contributed by atoms with Crippen LogP contribution in [0.5, 0.6) is 0 Å². The molecule has 0 saturated carbocycles. The maximum Gasteiger partial charge on any atom is 0.323 e. The fourth-order valence-electron chi connectivity index (χ4n) is 2.90. The van der Waals surface area contributed by atoms with Crippen LogP contribution in [0.1, 0.15) is 46.2 Å². The van der Waals surface area contributed by atoms with Crippen LogP contribution in [0, 0.1) is 5.92 Å². The molecule has 0 saturated heterocycles. The molecular formula is C21H28ClN3O3. The number of benzene rings is 1. The summed E-state index contributed by atoms with van der Waals surface area (Å²) in [5, 5.41) is 7.16. The lowest BCUT2D eigenvalue weighted by molar-refractivity contribution is -0.144. The molecule has 1 heterocycles. The topological polar surface area (TPSA) is 80.3 Å². The highest BCUT2D eigenvalue weighted by Crippen LogP contribution is 2.27. The van der Waals surface area contributed by atoms with Crippen LogP contribution in [-0.2, 0) is 14.3 Å². The van der Waals surface area contributed by atoms with Crippen molar-refractivity contribution in [2.45, 2.75) is 52.2 Å². The minimum absolute atomic E-state index is 0.0930. The van der Waals surface area contributed by atoms with Gasteiger partial charge in [-0.25, -0.2) is 4.98 Å². The van der Waals surface area contributed by atoms with E-state index in [2.05, 4.69) is 15.6 Å². The average Bonchev–Trinajstić information content (AvgIpc) is 2.60. The highest BCUT2D eigenvalue weighted by molar-refractivity contribution is 6.31. The number of methoxy groups -OCH3 is 1. The van der Waals surface area contributed by atoms with Gasteiger partial charge in [0, 0.05) is 16.5 Å². The molecule has 0 fully saturated rings. The van der Waals surface area contributed by atoms with Gasteiger partial charge in [-0.15, -0.1) is 0 Å². The zero-order valence-corrected chi connectivity index (χ0v) is 17.9. The molecule has 1 aromatic carbocycles. The van der Waals surface area contributed by atoms with Gasteiger partial charge in [-0.1, -0.05) is 43.6 Å². The molecule has 7 heteroatoms. The van der Waals surface area contributed by atoms with E-state index in [1.165, 1.54) is 7.11 Å². The van der Waals surface area contributed by atoms with Gasteiger partial charge in [-0.2, -0.15) is 0 Å². The van der Waals surface area contributed by atoms with E-state index in [1.54, 1.807) is 0 Å². The largest absolute Gasteiger partial charge is 0.468 e. The number of aromatic nitrogens is 1. The molecule has 2 aromatic rings. The van der Waals surface area contributed by atoms with Crippen molar-refractivity contribution in [2.24, 2.45) is 5.92 Å². The molecule has 6 nitrogen and oxygen atoms in total. The van der Waals surface area contributed by atoms with E-state index in [-0.39, 0.29) is 17.0 Å². The Kier molecular flexibility index (Phi) is 7.01. The molecule has 28 heavy (non-hydrogen) atoms. The highest BCUT2D eigenvalue weighted by atomic mass is 35.5. The van der Waals surface area contributed by atoms with Gasteiger partial charge in [0.25, 0.3) is 0 Å². The van der Waals surface area contributed by atoms with E-state index in [9.17, 15) is 9.59 Å². The number of esters is 1. The van der Waals surface area contributed by atoms with Crippen molar-refractivity contribution in [1.82, 2.24) is 15.6 Å². The lowest BCUT2D eigenvalue weighted by Crippen LogP contribution is -2.51. The van der Waals surface area contributed by atoms with Gasteiger partial charge < -0.3 is 10.1 Å². The standard InChI is InChI=1S/C21H28ClN3O3/c1-12(2)16(20(27)28-6)24-17(19(26)25-21(3,4)5)14-11-13-9-7-8-10-15(13)23-18(14)22/h7-12,16-17,24H,1-6H3,(H,25,26)/t16?,17-/m0/s1. The minimum atomic E-state index is -0.865. The van der Waals surface area contributed by atoms with Crippen molar-refractivity contribution >= 4 is 34.4 Å². The number of nitrogens with zero attached hydrogens (tertiary/aromatic N) is 1. The second-order valence-corrected chi connectivity index (χ2v) is 8.50. The highest BCUT2D eigenvalue weighted by Gasteiger charge is 2.33. The Balaban J connectivity index is 2.53. The number of ether oxygens (including phenoxy) is 1. The van der Waals surface area contributed by atoms with Gasteiger partial charge in [-0.05, 0) is 38.8 Å². The minimum Gasteiger partial charge on any atom is -0.468 e. The average molecular weight is 406 g/mol. The fraction of sp³-hybridized carbons (Fsp3) is 0.476. The number of carbonyl (C=O) groups excluding carboxylic acids is 2. The van der Waals surface area contributed by atoms with Gasteiger partial charge in [0.1, 0.15) is 17.2 Å². The van der Waals surface area contributed by atoms with Crippen molar-refractivity contribution in [3.8, 4) is 0 Å². The van der Waals surface area contributed by atoms with Crippen molar-refractivity contribution in [3.05, 3.63) is 41.0 Å². The first-order valence-electron chi connectivity index (χ1n) is 9.24. The number of amides is 1. The zero-order valence-electron chi connectivity index (χ0n) is 17.2. The van der Waals surface area contributed by atoms with E-state index >= 15 is 0 Å². The van der Waals surface area contributed by atoms with E-state index < -0.39 is 23.6 Å². The number of hydrogen-bond acceptors (Lipinski definition) is 5. The molecule has 2 N–H and O–H groups in total. The van der Waals surface area contributed by atoms with Crippen molar-refractivity contribution in [3.63, 3.8) is 0 Å². The Morgan fingerprint density at radius 2 is 1.82 bits per heavy atom. The van der Waals surface area contributed by atoms with Crippen molar-refractivity contribution in [2.75, 3.05) is 7.11 Å². The molecule has 2 rings (SSSR count). The monoisotopic (exact) mass is 405 g/mol. The predicted molar refractivity (Wildman–Crippen MR) is 111 cm³/mol. The van der Waals surface area contributed by atoms with Crippen LogP contribution in [0.25, 0.3) is 10.9 Å². The number of nitrogens with one attached hydrogen (secondary N) is 2. The normalized spacial score (nSPS) is 14.0. The first-order valence-corrected chi connectivity index (χ1v) is 9.62. The second kappa shape index (κ2) is 8.88. The Labute approximate surface area is 171 Å². The number of fused-ring (bicyclic) bond motifs is 1. The summed E-state index contributed by atoms with van der Waals surface area (Å²) in [6, 6.07) is 7.82. The molecule has 0 bridgehead atoms. The fourth-order valence-corrected chi connectivity index (χ4v) is 3.15. The summed E-state index contributed by atoms with van der Waals surface area (Å²) in [7, 11) is 1.33. The summed E-state index contributed by atoms with van der Waals surface area (Å²) in [5.41, 5.74) is 0.795. The number of hydrogen-bond donors (Lipinski definition) is 2. The maximum atomic E-state index is 13.1. The lowest BCUT2D eigenvalue weighted by atomic mass is 9.98. The van der Waals surface area contributed by atoms with Gasteiger partial charge >= 0.3 is 5.97 Å². The van der Waals surface area contributed by atoms with Crippen LogP contribution in [0.4, 0.5) is 0 Å². The summed E-state index contributed by atoms with van der Waals surface area (Å²) in [4.78, 5) is 29.8. The number of halogens is 1. The maximum absolute atomic E-state index is 13.1. The third kappa shape index (κ3) is 5.42. The van der Waals surface area contributed by atoms with Crippen LogP contribution < -0.4 is 10.6 Å². The van der Waals surface area contributed by atoms with E-state index in [0.29, 0.717) is 5.56 Å². The van der Waals surface area contributed by atoms with Crippen molar-refractivity contribution < 1.29 is 14.3 Å². The first kappa shape index (κ1) is 22.1. The van der Waals surface area contributed by atoms with Gasteiger partial charge in [0.05, 0.1) is 12.6 Å². The van der Waals surface area contributed by atoms with E-state index in [0.717, 1.165) is 10.9 Å². The Morgan fingerprint density at radius 3 is 2.39 bits per heavy atom. The number of rotatable bonds is 6. The number of carbonyl (C=O) groups is 2. The molecule has 0 spiro atoms. The van der Waals surface area contributed by atoms with Crippen molar-refractivity contribution in [1.29, 1.82) is 0 Å². The van der Waals surface area contributed by atoms with Crippen LogP contribution in [0.15, 0.2) is 30.3 Å². The summed E-state index contributed by atoms with van der Waals surface area (Å²) in [6.07, 6.45) is 0.